The number of hydrogen-bond donors (Lipinski definition) is 0. The van der Waals surface area contributed by atoms with Crippen LogP contribution < -0.4 is 0 Å². The van der Waals surface area contributed by atoms with Crippen LogP contribution in [0.2, 0.25) is 0 Å². The highest BCUT2D eigenvalue weighted by Gasteiger charge is 2.56. The van der Waals surface area contributed by atoms with Gasteiger partial charge in [0.25, 0.3) is 0 Å². The number of nitrogens with zero attached hydrogens (tertiary/aromatic N) is 1. The van der Waals surface area contributed by atoms with Gasteiger partial charge in [-0.15, -0.1) is 0 Å². The monoisotopic (exact) mass is 233 g/mol. The quantitative estimate of drug-likeness (QED) is 0.678. The molecule has 2 rings (SSSR count). The fourth-order valence-corrected chi connectivity index (χ4v) is 3.49. The number of rotatable bonds is 0. The molecule has 0 fully saturated rings. The van der Waals surface area contributed by atoms with Crippen LogP contribution in [0.5, 0.6) is 0 Å². The van der Waals surface area contributed by atoms with Crippen molar-refractivity contribution in [1.29, 1.82) is 0 Å². The molecular weight excluding hydrogens is 210 g/mol. The van der Waals surface area contributed by atoms with E-state index >= 15 is 0 Å². The molecule has 94 valence electrons. The number of aromatic nitrogens is 1. The Bertz CT molecular complexity index is 409. The van der Waals surface area contributed by atoms with Gasteiger partial charge in [0.15, 0.2) is 0 Å². The van der Waals surface area contributed by atoms with Gasteiger partial charge in [-0.3, -0.25) is 4.98 Å². The van der Waals surface area contributed by atoms with Crippen LogP contribution in [0.3, 0.4) is 0 Å². The molecule has 1 aliphatic rings. The lowest BCUT2D eigenvalue weighted by atomic mass is 9.60. The third-order valence-corrected chi connectivity index (χ3v) is 3.81. The highest BCUT2D eigenvalue weighted by Crippen LogP contribution is 2.57. The van der Waals surface area contributed by atoms with E-state index in [9.17, 15) is 0 Å². The van der Waals surface area contributed by atoms with E-state index in [4.69, 9.17) is 4.74 Å². The molecule has 1 aliphatic heterocycles. The van der Waals surface area contributed by atoms with Crippen molar-refractivity contribution in [3.05, 3.63) is 29.6 Å². The van der Waals surface area contributed by atoms with Gasteiger partial charge in [-0.25, -0.2) is 0 Å². The van der Waals surface area contributed by atoms with Crippen molar-refractivity contribution in [3.8, 4) is 0 Å². The van der Waals surface area contributed by atoms with Gasteiger partial charge >= 0.3 is 0 Å². The van der Waals surface area contributed by atoms with Crippen molar-refractivity contribution >= 4 is 0 Å². The Morgan fingerprint density at radius 1 is 1.12 bits per heavy atom. The summed E-state index contributed by atoms with van der Waals surface area (Å²) in [7, 11) is 0. The number of pyridine rings is 1. The molecule has 0 aliphatic carbocycles. The van der Waals surface area contributed by atoms with Gasteiger partial charge in [0.05, 0.1) is 12.3 Å². The minimum atomic E-state index is -0.260. The first-order chi connectivity index (χ1) is 7.70. The molecule has 2 heteroatoms. The summed E-state index contributed by atoms with van der Waals surface area (Å²) in [6.07, 6.45) is 1.85. The normalized spacial score (nSPS) is 19.2. The number of hydrogen-bond acceptors (Lipinski definition) is 2. The lowest BCUT2D eigenvalue weighted by Gasteiger charge is -2.50. The van der Waals surface area contributed by atoms with E-state index in [0.717, 1.165) is 5.69 Å². The lowest BCUT2D eigenvalue weighted by Crippen LogP contribution is -2.50. The summed E-state index contributed by atoms with van der Waals surface area (Å²) >= 11 is 0. The zero-order valence-corrected chi connectivity index (χ0v) is 11.8. The van der Waals surface area contributed by atoms with Crippen LogP contribution in [-0.2, 0) is 16.9 Å². The lowest BCUT2D eigenvalue weighted by molar-refractivity contribution is -0.180. The van der Waals surface area contributed by atoms with Crippen LogP contribution in [0.4, 0.5) is 0 Å². The van der Waals surface area contributed by atoms with Crippen molar-refractivity contribution in [2.45, 2.75) is 53.8 Å². The highest BCUT2D eigenvalue weighted by atomic mass is 16.5. The zero-order chi connectivity index (χ0) is 12.9. The summed E-state index contributed by atoms with van der Waals surface area (Å²) in [6.45, 7) is 14.1. The zero-order valence-electron chi connectivity index (χ0n) is 11.8. The van der Waals surface area contributed by atoms with E-state index in [2.05, 4.69) is 52.6 Å². The Kier molecular flexibility index (Phi) is 2.62. The third kappa shape index (κ3) is 1.61. The molecule has 0 atom stereocenters. The second-order valence-electron chi connectivity index (χ2n) is 6.97. The molecule has 17 heavy (non-hydrogen) atoms. The Morgan fingerprint density at radius 3 is 2.24 bits per heavy atom. The molecular formula is C15H23NO. The summed E-state index contributed by atoms with van der Waals surface area (Å²) < 4.78 is 6.28. The summed E-state index contributed by atoms with van der Waals surface area (Å²) in [5.41, 5.74) is 2.18. The van der Waals surface area contributed by atoms with Gasteiger partial charge in [0, 0.05) is 11.8 Å². The van der Waals surface area contributed by atoms with Crippen molar-refractivity contribution in [2.24, 2.45) is 10.8 Å². The SMILES string of the molecule is CC(C)(C)C1(C(C)(C)C)OCc2ncccc21. The standard InChI is InChI=1S/C15H23NO/c1-13(2,3)15(14(4,5)6)11-8-7-9-16-12(11)10-17-15/h7-9H,10H2,1-6H3. The summed E-state index contributed by atoms with van der Waals surface area (Å²) in [6, 6.07) is 4.19. The Labute approximate surface area is 104 Å². The van der Waals surface area contributed by atoms with Crippen molar-refractivity contribution in [1.82, 2.24) is 4.98 Å². The van der Waals surface area contributed by atoms with Gasteiger partial charge in [0.2, 0.25) is 0 Å². The summed E-state index contributed by atoms with van der Waals surface area (Å²) in [5.74, 6) is 0. The molecule has 2 nitrogen and oxygen atoms in total. The highest BCUT2D eigenvalue weighted by molar-refractivity contribution is 5.34. The number of fused-ring (bicyclic) bond motifs is 1. The van der Waals surface area contributed by atoms with Gasteiger partial charge in [-0.05, 0) is 16.9 Å². The summed E-state index contributed by atoms with van der Waals surface area (Å²) in [4.78, 5) is 4.46. The van der Waals surface area contributed by atoms with Gasteiger partial charge in [-0.1, -0.05) is 47.6 Å². The maximum Gasteiger partial charge on any atom is 0.105 e. The van der Waals surface area contributed by atoms with Crippen LogP contribution in [0.15, 0.2) is 18.3 Å². The molecule has 0 radical (unpaired) electrons. The topological polar surface area (TPSA) is 22.1 Å². The van der Waals surface area contributed by atoms with Crippen molar-refractivity contribution in [3.63, 3.8) is 0 Å². The minimum absolute atomic E-state index is 0.0412. The second-order valence-corrected chi connectivity index (χ2v) is 6.97. The number of ether oxygens (including phenoxy) is 1. The van der Waals surface area contributed by atoms with E-state index in [0.29, 0.717) is 6.61 Å². The molecule has 1 aromatic rings. The molecule has 0 unspecified atom stereocenters. The smallest absolute Gasteiger partial charge is 0.105 e. The molecule has 0 aromatic carbocycles. The average Bonchev–Trinajstić information content (AvgIpc) is 2.55. The first-order valence-corrected chi connectivity index (χ1v) is 6.28. The minimum Gasteiger partial charge on any atom is -0.363 e. The molecule has 1 aromatic heterocycles. The predicted octanol–water partition coefficient (Wildman–Crippen LogP) is 3.90. The fraction of sp³-hybridized carbons (Fsp3) is 0.667. The van der Waals surface area contributed by atoms with Crippen LogP contribution in [0, 0.1) is 10.8 Å². The first kappa shape index (κ1) is 12.6. The Balaban J connectivity index is 2.68. The van der Waals surface area contributed by atoms with E-state index < -0.39 is 0 Å². The Hall–Kier alpha value is -0.890. The van der Waals surface area contributed by atoms with Gasteiger partial charge in [0.1, 0.15) is 5.60 Å². The van der Waals surface area contributed by atoms with Crippen LogP contribution in [0.25, 0.3) is 0 Å². The molecule has 2 heterocycles. The molecule has 0 amide bonds. The van der Waals surface area contributed by atoms with Crippen molar-refractivity contribution < 1.29 is 4.74 Å². The van der Waals surface area contributed by atoms with Gasteiger partial charge < -0.3 is 4.74 Å². The average molecular weight is 233 g/mol. The van der Waals surface area contributed by atoms with Crippen LogP contribution in [-0.4, -0.2) is 4.98 Å². The maximum absolute atomic E-state index is 6.28. The van der Waals surface area contributed by atoms with Gasteiger partial charge in [-0.2, -0.15) is 0 Å². The second kappa shape index (κ2) is 3.55. The fourth-order valence-electron chi connectivity index (χ4n) is 3.49. The van der Waals surface area contributed by atoms with E-state index in [-0.39, 0.29) is 16.4 Å². The van der Waals surface area contributed by atoms with Crippen molar-refractivity contribution in [2.75, 3.05) is 0 Å². The molecule has 0 N–H and O–H groups in total. The molecule has 0 bridgehead atoms. The Morgan fingerprint density at radius 2 is 1.71 bits per heavy atom. The van der Waals surface area contributed by atoms with Crippen LogP contribution in [0.1, 0.15) is 52.8 Å². The largest absolute Gasteiger partial charge is 0.363 e. The van der Waals surface area contributed by atoms with Crippen LogP contribution >= 0.6 is 0 Å². The maximum atomic E-state index is 6.28. The van der Waals surface area contributed by atoms with E-state index in [1.165, 1.54) is 5.56 Å². The predicted molar refractivity (Wildman–Crippen MR) is 69.6 cm³/mol. The first-order valence-electron chi connectivity index (χ1n) is 6.28. The molecule has 0 spiro atoms. The summed E-state index contributed by atoms with van der Waals surface area (Å²) in [5, 5.41) is 0. The molecule has 0 saturated carbocycles. The molecule has 0 saturated heterocycles. The third-order valence-electron chi connectivity index (χ3n) is 3.81. The van der Waals surface area contributed by atoms with E-state index in [1.807, 2.05) is 12.3 Å². The van der Waals surface area contributed by atoms with E-state index in [1.54, 1.807) is 0 Å².